The van der Waals surface area contributed by atoms with Crippen molar-refractivity contribution in [1.82, 2.24) is 5.32 Å². The number of ether oxygens (including phenoxy) is 2. The molecule has 0 atom stereocenters. The van der Waals surface area contributed by atoms with Gasteiger partial charge < -0.3 is 14.8 Å². The molecule has 1 aliphatic carbocycles. The number of nitrogens with one attached hydrogen (secondary N) is 2. The standard InChI is InChI=1S/C17H24N2O4/c1-12-6-8-13(9-7-12)18-16(20)11-23-15-5-3-4-14(10-15)19-17(21)22-2/h3-5,10,12-13H,6-9,11H2,1-2H3,(H,18,20)(H,19,21). The van der Waals surface area contributed by atoms with Gasteiger partial charge in [0.05, 0.1) is 7.11 Å². The van der Waals surface area contributed by atoms with E-state index in [0.717, 1.165) is 31.6 Å². The van der Waals surface area contributed by atoms with E-state index in [4.69, 9.17) is 4.74 Å². The zero-order valence-electron chi connectivity index (χ0n) is 13.6. The first-order valence-corrected chi connectivity index (χ1v) is 7.94. The summed E-state index contributed by atoms with van der Waals surface area (Å²) in [5, 5.41) is 5.56. The molecule has 0 heterocycles. The van der Waals surface area contributed by atoms with E-state index in [-0.39, 0.29) is 18.6 Å². The lowest BCUT2D eigenvalue weighted by molar-refractivity contribution is -0.124. The van der Waals surface area contributed by atoms with Crippen LogP contribution in [-0.4, -0.2) is 31.8 Å². The summed E-state index contributed by atoms with van der Waals surface area (Å²) in [6.07, 6.45) is 3.84. The first-order chi connectivity index (χ1) is 11.1. The number of carbonyl (C=O) groups excluding carboxylic acids is 2. The molecule has 6 heteroatoms. The average Bonchev–Trinajstić information content (AvgIpc) is 2.55. The highest BCUT2D eigenvalue weighted by molar-refractivity contribution is 5.84. The molecule has 2 amide bonds. The van der Waals surface area contributed by atoms with Crippen LogP contribution in [0.25, 0.3) is 0 Å². The number of methoxy groups -OCH3 is 1. The van der Waals surface area contributed by atoms with Gasteiger partial charge in [-0.1, -0.05) is 13.0 Å². The maximum atomic E-state index is 11.9. The predicted molar refractivity (Wildman–Crippen MR) is 87.5 cm³/mol. The van der Waals surface area contributed by atoms with Crippen molar-refractivity contribution in [3.05, 3.63) is 24.3 Å². The second-order valence-electron chi connectivity index (χ2n) is 5.96. The summed E-state index contributed by atoms with van der Waals surface area (Å²) in [7, 11) is 1.30. The lowest BCUT2D eigenvalue weighted by Gasteiger charge is -2.26. The second kappa shape index (κ2) is 8.41. The summed E-state index contributed by atoms with van der Waals surface area (Å²) in [5.74, 6) is 1.16. The van der Waals surface area contributed by atoms with Gasteiger partial charge >= 0.3 is 6.09 Å². The zero-order valence-corrected chi connectivity index (χ0v) is 13.6. The van der Waals surface area contributed by atoms with Gasteiger partial charge in [-0.25, -0.2) is 4.79 Å². The first-order valence-electron chi connectivity index (χ1n) is 7.94. The Hall–Kier alpha value is -2.24. The van der Waals surface area contributed by atoms with E-state index in [1.54, 1.807) is 24.3 Å². The van der Waals surface area contributed by atoms with Crippen molar-refractivity contribution < 1.29 is 19.1 Å². The SMILES string of the molecule is COC(=O)Nc1cccc(OCC(=O)NC2CCC(C)CC2)c1. The van der Waals surface area contributed by atoms with Gasteiger partial charge in [0.2, 0.25) is 0 Å². The monoisotopic (exact) mass is 320 g/mol. The van der Waals surface area contributed by atoms with Crippen molar-refractivity contribution in [3.8, 4) is 5.75 Å². The molecule has 0 radical (unpaired) electrons. The zero-order chi connectivity index (χ0) is 16.7. The van der Waals surface area contributed by atoms with E-state index in [0.29, 0.717) is 11.4 Å². The van der Waals surface area contributed by atoms with Crippen LogP contribution in [0.4, 0.5) is 10.5 Å². The summed E-state index contributed by atoms with van der Waals surface area (Å²) < 4.78 is 10.0. The Labute approximate surface area is 136 Å². The Morgan fingerprint density at radius 3 is 2.65 bits per heavy atom. The molecule has 0 aromatic heterocycles. The molecule has 1 aromatic rings. The number of hydrogen-bond donors (Lipinski definition) is 2. The quantitative estimate of drug-likeness (QED) is 0.874. The van der Waals surface area contributed by atoms with Crippen molar-refractivity contribution in [2.45, 2.75) is 38.6 Å². The minimum atomic E-state index is -0.550. The molecule has 0 bridgehead atoms. The van der Waals surface area contributed by atoms with Crippen molar-refractivity contribution in [2.24, 2.45) is 5.92 Å². The van der Waals surface area contributed by atoms with Gasteiger partial charge in [0.25, 0.3) is 5.91 Å². The maximum absolute atomic E-state index is 11.9. The van der Waals surface area contributed by atoms with E-state index in [9.17, 15) is 9.59 Å². The first kappa shape index (κ1) is 17.1. The van der Waals surface area contributed by atoms with Gasteiger partial charge in [-0.15, -0.1) is 0 Å². The summed E-state index contributed by atoms with van der Waals surface area (Å²) >= 11 is 0. The Kier molecular flexibility index (Phi) is 6.26. The van der Waals surface area contributed by atoms with Crippen LogP contribution in [0.5, 0.6) is 5.75 Å². The summed E-state index contributed by atoms with van der Waals surface area (Å²) in [6, 6.07) is 7.09. The summed E-state index contributed by atoms with van der Waals surface area (Å²) in [6.45, 7) is 2.21. The van der Waals surface area contributed by atoms with Crippen LogP contribution in [0.2, 0.25) is 0 Å². The van der Waals surface area contributed by atoms with Gasteiger partial charge in [0.1, 0.15) is 5.75 Å². The summed E-state index contributed by atoms with van der Waals surface area (Å²) in [4.78, 5) is 23.1. The van der Waals surface area contributed by atoms with Gasteiger partial charge in [-0.2, -0.15) is 0 Å². The smallest absolute Gasteiger partial charge is 0.411 e. The van der Waals surface area contributed by atoms with Gasteiger partial charge in [-0.05, 0) is 43.7 Å². The fourth-order valence-electron chi connectivity index (χ4n) is 2.66. The van der Waals surface area contributed by atoms with Crippen LogP contribution < -0.4 is 15.4 Å². The molecule has 0 spiro atoms. The molecule has 1 aliphatic rings. The molecule has 126 valence electrons. The van der Waals surface area contributed by atoms with Crippen molar-refractivity contribution in [1.29, 1.82) is 0 Å². The maximum Gasteiger partial charge on any atom is 0.411 e. The third kappa shape index (κ3) is 5.81. The summed E-state index contributed by atoms with van der Waals surface area (Å²) in [5.41, 5.74) is 0.552. The molecule has 23 heavy (non-hydrogen) atoms. The molecular formula is C17H24N2O4. The number of rotatable bonds is 5. The topological polar surface area (TPSA) is 76.7 Å². The Morgan fingerprint density at radius 2 is 1.96 bits per heavy atom. The minimum absolute atomic E-state index is 0.0340. The largest absolute Gasteiger partial charge is 0.484 e. The predicted octanol–water partition coefficient (Wildman–Crippen LogP) is 2.94. The van der Waals surface area contributed by atoms with E-state index >= 15 is 0 Å². The van der Waals surface area contributed by atoms with Crippen LogP contribution in [0.1, 0.15) is 32.6 Å². The van der Waals surface area contributed by atoms with Gasteiger partial charge in [0.15, 0.2) is 6.61 Å². The van der Waals surface area contributed by atoms with Crippen LogP contribution in [0, 0.1) is 5.92 Å². The van der Waals surface area contributed by atoms with Gasteiger partial charge in [-0.3, -0.25) is 10.1 Å². The van der Waals surface area contributed by atoms with Crippen molar-refractivity contribution >= 4 is 17.7 Å². The lowest BCUT2D eigenvalue weighted by Crippen LogP contribution is -2.39. The highest BCUT2D eigenvalue weighted by Gasteiger charge is 2.19. The fraction of sp³-hybridized carbons (Fsp3) is 0.529. The molecule has 1 fully saturated rings. The van der Waals surface area contributed by atoms with Crippen molar-refractivity contribution in [2.75, 3.05) is 19.0 Å². The Bertz CT molecular complexity index is 539. The molecule has 2 rings (SSSR count). The van der Waals surface area contributed by atoms with Crippen molar-refractivity contribution in [3.63, 3.8) is 0 Å². The van der Waals surface area contributed by atoms with E-state index in [1.165, 1.54) is 7.11 Å². The number of benzene rings is 1. The second-order valence-corrected chi connectivity index (χ2v) is 5.96. The molecular weight excluding hydrogens is 296 g/mol. The third-order valence-corrected chi connectivity index (χ3v) is 4.02. The molecule has 0 saturated heterocycles. The van der Waals surface area contributed by atoms with Crippen LogP contribution in [-0.2, 0) is 9.53 Å². The number of carbonyl (C=O) groups is 2. The van der Waals surface area contributed by atoms with Crippen LogP contribution >= 0.6 is 0 Å². The molecule has 2 N–H and O–H groups in total. The number of hydrogen-bond acceptors (Lipinski definition) is 4. The van der Waals surface area contributed by atoms with Crippen LogP contribution in [0.3, 0.4) is 0 Å². The van der Waals surface area contributed by atoms with E-state index in [2.05, 4.69) is 22.3 Å². The number of anilines is 1. The van der Waals surface area contributed by atoms with E-state index in [1.807, 2.05) is 0 Å². The lowest BCUT2D eigenvalue weighted by atomic mass is 9.87. The van der Waals surface area contributed by atoms with Gasteiger partial charge in [0, 0.05) is 17.8 Å². The Morgan fingerprint density at radius 1 is 1.22 bits per heavy atom. The third-order valence-electron chi connectivity index (χ3n) is 4.02. The highest BCUT2D eigenvalue weighted by atomic mass is 16.5. The molecule has 1 aromatic carbocycles. The average molecular weight is 320 g/mol. The fourth-order valence-corrected chi connectivity index (χ4v) is 2.66. The molecule has 6 nitrogen and oxygen atoms in total. The van der Waals surface area contributed by atoms with E-state index < -0.39 is 6.09 Å². The Balaban J connectivity index is 1.77. The highest BCUT2D eigenvalue weighted by Crippen LogP contribution is 2.23. The van der Waals surface area contributed by atoms with Crippen LogP contribution in [0.15, 0.2) is 24.3 Å². The number of amides is 2. The molecule has 0 aliphatic heterocycles. The molecule has 0 unspecified atom stereocenters. The molecule has 1 saturated carbocycles. The minimum Gasteiger partial charge on any atom is -0.484 e. The normalized spacial score (nSPS) is 20.4.